The Hall–Kier alpha value is -3.74. The van der Waals surface area contributed by atoms with Crippen LogP contribution in [0.2, 0.25) is 0 Å². The molecule has 3 rings (SSSR count). The normalized spacial score (nSPS) is 10.8. The fourth-order valence-electron chi connectivity index (χ4n) is 2.89. The number of benzene rings is 3. The summed E-state index contributed by atoms with van der Waals surface area (Å²) in [6.07, 6.45) is 1.43. The van der Waals surface area contributed by atoms with Crippen LogP contribution in [0.5, 0.6) is 23.0 Å². The second kappa shape index (κ2) is 8.30. The molecule has 0 radical (unpaired) electrons. The van der Waals surface area contributed by atoms with Gasteiger partial charge in [0.25, 0.3) is 5.91 Å². The molecule has 7 heteroatoms. The van der Waals surface area contributed by atoms with Gasteiger partial charge in [-0.3, -0.25) is 4.79 Å². The van der Waals surface area contributed by atoms with Gasteiger partial charge in [0.2, 0.25) is 5.75 Å². The van der Waals surface area contributed by atoms with Crippen molar-refractivity contribution in [3.63, 3.8) is 0 Å². The highest BCUT2D eigenvalue weighted by molar-refractivity contribution is 6.03. The lowest BCUT2D eigenvalue weighted by molar-refractivity contribution is 0.0952. The number of carbonyl (C=O) groups is 1. The molecule has 0 spiro atoms. The monoisotopic (exact) mass is 380 g/mol. The van der Waals surface area contributed by atoms with E-state index in [1.807, 2.05) is 12.1 Å². The predicted molar refractivity (Wildman–Crippen MR) is 107 cm³/mol. The maximum atomic E-state index is 12.4. The zero-order chi connectivity index (χ0) is 20.1. The number of hydrogen-bond donors (Lipinski definition) is 2. The molecule has 0 heterocycles. The first-order valence-corrected chi connectivity index (χ1v) is 8.43. The van der Waals surface area contributed by atoms with E-state index >= 15 is 0 Å². The van der Waals surface area contributed by atoms with Gasteiger partial charge in [0, 0.05) is 10.9 Å². The number of methoxy groups -OCH3 is 3. The third-order valence-corrected chi connectivity index (χ3v) is 4.25. The molecular weight excluding hydrogens is 360 g/mol. The minimum atomic E-state index is -0.529. The Bertz CT molecular complexity index is 1050. The predicted octanol–water partition coefficient (Wildman–Crippen LogP) is 3.34. The van der Waals surface area contributed by atoms with Crippen molar-refractivity contribution < 1.29 is 24.1 Å². The standard InChI is InChI=1S/C21H20N2O5/c1-26-17-11-9-14(19(27-2)20(17)28-3)12-22-23-21(25)16-10-8-13-6-4-5-7-15(13)18(16)24/h4-12,24H,1-3H3,(H,23,25). The van der Waals surface area contributed by atoms with E-state index in [4.69, 9.17) is 14.2 Å². The Labute approximate surface area is 162 Å². The van der Waals surface area contributed by atoms with E-state index in [1.165, 1.54) is 27.5 Å². The van der Waals surface area contributed by atoms with Gasteiger partial charge in [-0.1, -0.05) is 30.3 Å². The van der Waals surface area contributed by atoms with Crippen LogP contribution in [-0.2, 0) is 0 Å². The zero-order valence-electron chi connectivity index (χ0n) is 15.7. The van der Waals surface area contributed by atoms with Crippen molar-refractivity contribution in [2.45, 2.75) is 0 Å². The van der Waals surface area contributed by atoms with Gasteiger partial charge in [-0.15, -0.1) is 0 Å². The average molecular weight is 380 g/mol. The SMILES string of the molecule is COc1ccc(C=NNC(=O)c2ccc3ccccc3c2O)c(OC)c1OC. The Balaban J connectivity index is 1.84. The van der Waals surface area contributed by atoms with Crippen molar-refractivity contribution in [1.29, 1.82) is 0 Å². The Morgan fingerprint density at radius 1 is 0.964 bits per heavy atom. The average Bonchev–Trinajstić information content (AvgIpc) is 2.73. The number of phenols is 1. The molecule has 0 unspecified atom stereocenters. The van der Waals surface area contributed by atoms with Crippen molar-refractivity contribution >= 4 is 22.9 Å². The first-order valence-electron chi connectivity index (χ1n) is 8.43. The molecule has 1 amide bonds. The summed E-state index contributed by atoms with van der Waals surface area (Å²) in [4.78, 5) is 12.4. The van der Waals surface area contributed by atoms with Gasteiger partial charge < -0.3 is 19.3 Å². The van der Waals surface area contributed by atoms with Crippen molar-refractivity contribution in [3.05, 3.63) is 59.7 Å². The third-order valence-electron chi connectivity index (χ3n) is 4.25. The first kappa shape index (κ1) is 19.0. The van der Waals surface area contributed by atoms with Crippen LogP contribution >= 0.6 is 0 Å². The van der Waals surface area contributed by atoms with Gasteiger partial charge in [0.05, 0.1) is 33.1 Å². The number of nitrogens with one attached hydrogen (secondary N) is 1. The Kier molecular flexibility index (Phi) is 5.64. The maximum absolute atomic E-state index is 12.4. The van der Waals surface area contributed by atoms with Crippen LogP contribution in [0.25, 0.3) is 10.8 Å². The van der Waals surface area contributed by atoms with E-state index in [9.17, 15) is 9.90 Å². The molecule has 0 bridgehead atoms. The number of rotatable bonds is 6. The number of aromatic hydroxyl groups is 1. The summed E-state index contributed by atoms with van der Waals surface area (Å²) in [6.45, 7) is 0. The second-order valence-corrected chi connectivity index (χ2v) is 5.81. The highest BCUT2D eigenvalue weighted by Gasteiger charge is 2.15. The lowest BCUT2D eigenvalue weighted by Crippen LogP contribution is -2.17. The van der Waals surface area contributed by atoms with Crippen LogP contribution < -0.4 is 19.6 Å². The van der Waals surface area contributed by atoms with Gasteiger partial charge >= 0.3 is 0 Å². The van der Waals surface area contributed by atoms with Crippen molar-refractivity contribution in [3.8, 4) is 23.0 Å². The summed E-state index contributed by atoms with van der Waals surface area (Å²) in [5.74, 6) is 0.746. The van der Waals surface area contributed by atoms with Gasteiger partial charge in [-0.2, -0.15) is 5.10 Å². The number of fused-ring (bicyclic) bond motifs is 1. The molecule has 0 aromatic heterocycles. The minimum Gasteiger partial charge on any atom is -0.506 e. The van der Waals surface area contributed by atoms with Gasteiger partial charge in [0.15, 0.2) is 11.5 Å². The van der Waals surface area contributed by atoms with Crippen molar-refractivity contribution in [2.24, 2.45) is 5.10 Å². The number of hydrazone groups is 1. The molecule has 3 aromatic carbocycles. The molecule has 0 fully saturated rings. The number of ether oxygens (including phenoxy) is 3. The summed E-state index contributed by atoms with van der Waals surface area (Å²) < 4.78 is 15.9. The first-order chi connectivity index (χ1) is 13.6. The smallest absolute Gasteiger partial charge is 0.275 e. The summed E-state index contributed by atoms with van der Waals surface area (Å²) in [7, 11) is 4.53. The van der Waals surface area contributed by atoms with E-state index < -0.39 is 5.91 Å². The Morgan fingerprint density at radius 2 is 1.71 bits per heavy atom. The van der Waals surface area contributed by atoms with Crippen molar-refractivity contribution in [2.75, 3.05) is 21.3 Å². The summed E-state index contributed by atoms with van der Waals surface area (Å²) in [5.41, 5.74) is 3.13. The summed E-state index contributed by atoms with van der Waals surface area (Å²) >= 11 is 0. The highest BCUT2D eigenvalue weighted by atomic mass is 16.5. The largest absolute Gasteiger partial charge is 0.506 e. The van der Waals surface area contributed by atoms with Gasteiger partial charge in [-0.25, -0.2) is 5.43 Å². The van der Waals surface area contributed by atoms with Crippen LogP contribution in [0.15, 0.2) is 53.6 Å². The summed E-state index contributed by atoms with van der Waals surface area (Å²) in [6, 6.07) is 14.0. The molecule has 144 valence electrons. The fraction of sp³-hybridized carbons (Fsp3) is 0.143. The molecule has 0 aliphatic carbocycles. The molecule has 3 aromatic rings. The number of amides is 1. The van der Waals surface area contributed by atoms with E-state index in [1.54, 1.807) is 36.4 Å². The van der Waals surface area contributed by atoms with E-state index in [0.717, 1.165) is 5.39 Å². The molecule has 0 atom stereocenters. The Morgan fingerprint density at radius 3 is 2.43 bits per heavy atom. The lowest BCUT2D eigenvalue weighted by Gasteiger charge is -2.13. The molecular formula is C21H20N2O5. The van der Waals surface area contributed by atoms with Crippen LogP contribution in [-0.4, -0.2) is 38.6 Å². The zero-order valence-corrected chi connectivity index (χ0v) is 15.7. The van der Waals surface area contributed by atoms with Crippen LogP contribution in [0.3, 0.4) is 0 Å². The molecule has 28 heavy (non-hydrogen) atoms. The number of hydrogen-bond acceptors (Lipinski definition) is 6. The third kappa shape index (κ3) is 3.55. The molecule has 0 saturated heterocycles. The van der Waals surface area contributed by atoms with E-state index in [0.29, 0.717) is 28.2 Å². The minimum absolute atomic E-state index is 0.0884. The quantitative estimate of drug-likeness (QED) is 0.506. The lowest BCUT2D eigenvalue weighted by atomic mass is 10.1. The van der Waals surface area contributed by atoms with Crippen LogP contribution in [0.4, 0.5) is 0 Å². The second-order valence-electron chi connectivity index (χ2n) is 5.81. The van der Waals surface area contributed by atoms with Crippen LogP contribution in [0, 0.1) is 0 Å². The van der Waals surface area contributed by atoms with Crippen LogP contribution in [0.1, 0.15) is 15.9 Å². The van der Waals surface area contributed by atoms with E-state index in [2.05, 4.69) is 10.5 Å². The number of phenolic OH excluding ortho intramolecular Hbond substituents is 1. The molecule has 0 aliphatic heterocycles. The number of nitrogens with zero attached hydrogens (tertiary/aromatic N) is 1. The molecule has 2 N–H and O–H groups in total. The molecule has 7 nitrogen and oxygen atoms in total. The number of carbonyl (C=O) groups excluding carboxylic acids is 1. The van der Waals surface area contributed by atoms with Crippen molar-refractivity contribution in [1.82, 2.24) is 5.43 Å². The maximum Gasteiger partial charge on any atom is 0.275 e. The van der Waals surface area contributed by atoms with Gasteiger partial charge in [-0.05, 0) is 23.6 Å². The van der Waals surface area contributed by atoms with Gasteiger partial charge in [0.1, 0.15) is 5.75 Å². The topological polar surface area (TPSA) is 89.4 Å². The van der Waals surface area contributed by atoms with E-state index in [-0.39, 0.29) is 11.3 Å². The fourth-order valence-corrected chi connectivity index (χ4v) is 2.89. The summed E-state index contributed by atoms with van der Waals surface area (Å²) in [5, 5.41) is 15.8. The molecule has 0 saturated carbocycles. The molecule has 0 aliphatic rings. The highest BCUT2D eigenvalue weighted by Crippen LogP contribution is 2.39.